The summed E-state index contributed by atoms with van der Waals surface area (Å²) in [4.78, 5) is 19.4. The van der Waals surface area contributed by atoms with Crippen molar-refractivity contribution in [2.75, 3.05) is 13.1 Å². The van der Waals surface area contributed by atoms with Crippen molar-refractivity contribution in [3.63, 3.8) is 0 Å². The number of rotatable bonds is 5. The average molecular weight is 207 g/mol. The minimum Gasteiger partial charge on any atom is -0.481 e. The fourth-order valence-electron chi connectivity index (χ4n) is 0.503. The minimum absolute atomic E-state index is 0.755. The van der Waals surface area contributed by atoms with Crippen LogP contribution >= 0.6 is 0 Å². The van der Waals surface area contributed by atoms with Crippen LogP contribution in [0.3, 0.4) is 0 Å². The van der Waals surface area contributed by atoms with Crippen LogP contribution in [-0.2, 0) is 9.59 Å². The summed E-state index contributed by atoms with van der Waals surface area (Å²) < 4.78 is 0. The van der Waals surface area contributed by atoms with Gasteiger partial charge in [0.2, 0.25) is 0 Å². The molecular weight excluding hydrogens is 190 g/mol. The summed E-state index contributed by atoms with van der Waals surface area (Å²) >= 11 is 0. The highest BCUT2D eigenvalue weighted by molar-refractivity contribution is 5.79. The van der Waals surface area contributed by atoms with Gasteiger partial charge in [0, 0.05) is 0 Å². The summed E-state index contributed by atoms with van der Waals surface area (Å²) in [5.74, 6) is -2.85. The number of carboxylic acids is 2. The molecule has 0 aromatic heterocycles. The quantitative estimate of drug-likeness (QED) is 0.485. The summed E-state index contributed by atoms with van der Waals surface area (Å²) in [6.45, 7) is 6.39. The SMILES string of the molecule is CCNCC.O=C(O)CC(O)C(=O)O. The molecule has 0 fully saturated rings. The van der Waals surface area contributed by atoms with Crippen molar-refractivity contribution in [3.05, 3.63) is 0 Å². The Balaban J connectivity index is 0. The fourth-order valence-corrected chi connectivity index (χ4v) is 0.503. The van der Waals surface area contributed by atoms with Crippen molar-refractivity contribution in [2.24, 2.45) is 0 Å². The minimum atomic E-state index is -1.79. The van der Waals surface area contributed by atoms with Gasteiger partial charge < -0.3 is 20.6 Å². The Morgan fingerprint density at radius 3 is 1.71 bits per heavy atom. The van der Waals surface area contributed by atoms with E-state index >= 15 is 0 Å². The Labute approximate surface area is 82.6 Å². The first kappa shape index (κ1) is 15.3. The molecule has 1 atom stereocenters. The van der Waals surface area contributed by atoms with Crippen LogP contribution in [0.5, 0.6) is 0 Å². The molecule has 0 amide bonds. The number of carbonyl (C=O) groups is 2. The molecule has 14 heavy (non-hydrogen) atoms. The molecule has 0 radical (unpaired) electrons. The van der Waals surface area contributed by atoms with Crippen molar-refractivity contribution in [3.8, 4) is 0 Å². The predicted molar refractivity (Wildman–Crippen MR) is 50.1 cm³/mol. The highest BCUT2D eigenvalue weighted by atomic mass is 16.4. The second-order valence-corrected chi connectivity index (χ2v) is 2.41. The lowest BCUT2D eigenvalue weighted by Gasteiger charge is -1.97. The zero-order chi connectivity index (χ0) is 11.6. The Morgan fingerprint density at radius 1 is 1.21 bits per heavy atom. The zero-order valence-electron chi connectivity index (χ0n) is 8.36. The third kappa shape index (κ3) is 13.4. The molecule has 0 saturated carbocycles. The van der Waals surface area contributed by atoms with E-state index < -0.39 is 24.5 Å². The third-order valence-corrected chi connectivity index (χ3v) is 1.15. The third-order valence-electron chi connectivity index (χ3n) is 1.15. The maximum atomic E-state index is 9.72. The highest BCUT2D eigenvalue weighted by Crippen LogP contribution is 1.89. The van der Waals surface area contributed by atoms with Crippen LogP contribution in [-0.4, -0.2) is 46.5 Å². The molecule has 6 heteroatoms. The molecule has 0 heterocycles. The number of aliphatic hydroxyl groups is 1. The van der Waals surface area contributed by atoms with Gasteiger partial charge in [0.25, 0.3) is 0 Å². The summed E-state index contributed by atoms with van der Waals surface area (Å²) in [6.07, 6.45) is -2.54. The Bertz CT molecular complexity index is 169. The molecule has 0 spiro atoms. The standard InChI is InChI=1S/C4H11N.C4H6O5/c1-3-5-4-2;5-2(4(8)9)1-3(6)7/h5H,3-4H2,1-2H3;2,5H,1H2,(H,6,7)(H,8,9). The number of hydrogen-bond donors (Lipinski definition) is 4. The maximum Gasteiger partial charge on any atom is 0.333 e. The molecule has 6 nitrogen and oxygen atoms in total. The van der Waals surface area contributed by atoms with E-state index in [1.807, 2.05) is 0 Å². The molecular formula is C8H17NO5. The van der Waals surface area contributed by atoms with Crippen molar-refractivity contribution in [2.45, 2.75) is 26.4 Å². The van der Waals surface area contributed by atoms with Gasteiger partial charge in [0.15, 0.2) is 6.10 Å². The molecule has 0 aliphatic rings. The summed E-state index contributed by atoms with van der Waals surface area (Å²) in [5.41, 5.74) is 0. The second kappa shape index (κ2) is 9.94. The van der Waals surface area contributed by atoms with Crippen LogP contribution < -0.4 is 5.32 Å². The van der Waals surface area contributed by atoms with Crippen LogP contribution in [0.4, 0.5) is 0 Å². The lowest BCUT2D eigenvalue weighted by atomic mass is 10.3. The first-order valence-corrected chi connectivity index (χ1v) is 4.29. The smallest absolute Gasteiger partial charge is 0.333 e. The second-order valence-electron chi connectivity index (χ2n) is 2.41. The molecule has 0 aliphatic heterocycles. The number of aliphatic carboxylic acids is 2. The molecule has 0 aromatic rings. The van der Waals surface area contributed by atoms with E-state index in [4.69, 9.17) is 15.3 Å². The van der Waals surface area contributed by atoms with Gasteiger partial charge in [-0.3, -0.25) is 4.79 Å². The number of hydrogen-bond acceptors (Lipinski definition) is 4. The van der Waals surface area contributed by atoms with Gasteiger partial charge in [-0.05, 0) is 13.1 Å². The van der Waals surface area contributed by atoms with Gasteiger partial charge in [-0.2, -0.15) is 0 Å². The first-order valence-electron chi connectivity index (χ1n) is 4.29. The van der Waals surface area contributed by atoms with Crippen molar-refractivity contribution >= 4 is 11.9 Å². The van der Waals surface area contributed by atoms with E-state index in [0.717, 1.165) is 13.1 Å². The van der Waals surface area contributed by atoms with Gasteiger partial charge in [0.05, 0.1) is 6.42 Å². The highest BCUT2D eigenvalue weighted by Gasteiger charge is 2.16. The molecule has 0 aromatic carbocycles. The molecule has 0 rings (SSSR count). The lowest BCUT2D eigenvalue weighted by Crippen LogP contribution is -2.22. The van der Waals surface area contributed by atoms with Crippen LogP contribution in [0.2, 0.25) is 0 Å². The first-order chi connectivity index (χ1) is 6.45. The van der Waals surface area contributed by atoms with Gasteiger partial charge >= 0.3 is 11.9 Å². The largest absolute Gasteiger partial charge is 0.481 e. The van der Waals surface area contributed by atoms with Gasteiger partial charge in [-0.15, -0.1) is 0 Å². The van der Waals surface area contributed by atoms with E-state index in [1.165, 1.54) is 0 Å². The van der Waals surface area contributed by atoms with Gasteiger partial charge in [-0.25, -0.2) is 4.79 Å². The summed E-state index contributed by atoms with van der Waals surface area (Å²) in [6, 6.07) is 0. The van der Waals surface area contributed by atoms with E-state index in [2.05, 4.69) is 19.2 Å². The van der Waals surface area contributed by atoms with Crippen LogP contribution in [0.1, 0.15) is 20.3 Å². The zero-order valence-corrected chi connectivity index (χ0v) is 8.36. The average Bonchev–Trinajstić information content (AvgIpc) is 2.05. The summed E-state index contributed by atoms with van der Waals surface area (Å²) in [5, 5.41) is 27.3. The van der Waals surface area contributed by atoms with E-state index in [9.17, 15) is 9.59 Å². The topological polar surface area (TPSA) is 107 Å². The molecule has 0 bridgehead atoms. The number of carboxylic acid groups (broad SMARTS) is 2. The normalized spacial score (nSPS) is 11.1. The van der Waals surface area contributed by atoms with Crippen molar-refractivity contribution in [1.82, 2.24) is 5.32 Å². The Kier molecular flexibility index (Phi) is 10.9. The van der Waals surface area contributed by atoms with Crippen LogP contribution in [0.25, 0.3) is 0 Å². The lowest BCUT2D eigenvalue weighted by molar-refractivity contribution is -0.152. The molecule has 1 unspecified atom stereocenters. The van der Waals surface area contributed by atoms with Crippen LogP contribution in [0.15, 0.2) is 0 Å². The Hall–Kier alpha value is -1.14. The fraction of sp³-hybridized carbons (Fsp3) is 0.750. The summed E-state index contributed by atoms with van der Waals surface area (Å²) in [7, 11) is 0. The van der Waals surface area contributed by atoms with E-state index in [-0.39, 0.29) is 0 Å². The van der Waals surface area contributed by atoms with E-state index in [0.29, 0.717) is 0 Å². The van der Waals surface area contributed by atoms with Crippen LogP contribution in [0, 0.1) is 0 Å². The van der Waals surface area contributed by atoms with E-state index in [1.54, 1.807) is 0 Å². The molecule has 4 N–H and O–H groups in total. The van der Waals surface area contributed by atoms with Crippen molar-refractivity contribution < 1.29 is 24.9 Å². The molecule has 0 aliphatic carbocycles. The number of nitrogens with one attached hydrogen (secondary N) is 1. The maximum absolute atomic E-state index is 9.72. The number of aliphatic hydroxyl groups excluding tert-OH is 1. The van der Waals surface area contributed by atoms with Gasteiger partial charge in [-0.1, -0.05) is 13.8 Å². The molecule has 0 saturated heterocycles. The van der Waals surface area contributed by atoms with Gasteiger partial charge in [0.1, 0.15) is 0 Å². The molecule has 84 valence electrons. The van der Waals surface area contributed by atoms with Crippen molar-refractivity contribution in [1.29, 1.82) is 0 Å². The monoisotopic (exact) mass is 207 g/mol. The Morgan fingerprint density at radius 2 is 1.64 bits per heavy atom. The predicted octanol–water partition coefficient (Wildman–Crippen LogP) is -0.478.